The summed E-state index contributed by atoms with van der Waals surface area (Å²) in [5.41, 5.74) is 1.07. The van der Waals surface area contributed by atoms with Crippen molar-refractivity contribution < 1.29 is 14.5 Å². The molecule has 0 saturated carbocycles. The van der Waals surface area contributed by atoms with Gasteiger partial charge in [0, 0.05) is 29.2 Å². The van der Waals surface area contributed by atoms with Gasteiger partial charge in [0.05, 0.1) is 11.3 Å². The quantitative estimate of drug-likeness (QED) is 0.453. The Labute approximate surface area is 178 Å². The first-order valence-electron chi connectivity index (χ1n) is 9.37. The minimum atomic E-state index is -0.712. The third-order valence-electron chi connectivity index (χ3n) is 4.49. The molecule has 0 unspecified atom stereocenters. The van der Waals surface area contributed by atoms with Crippen molar-refractivity contribution in [2.75, 3.05) is 6.54 Å². The number of rotatable bonds is 9. The van der Waals surface area contributed by atoms with Crippen LogP contribution in [0.4, 0.5) is 5.69 Å². The van der Waals surface area contributed by atoms with Crippen LogP contribution in [0.2, 0.25) is 0 Å². The third kappa shape index (κ3) is 6.39. The first kappa shape index (κ1) is 22.5. The van der Waals surface area contributed by atoms with Gasteiger partial charge in [-0.15, -0.1) is 0 Å². The molecule has 0 fully saturated rings. The normalized spacial score (nSPS) is 11.6. The Morgan fingerprint density at radius 2 is 1.93 bits per heavy atom. The number of nitrogens with zero attached hydrogens (tertiary/aromatic N) is 2. The number of para-hydroxylation sites is 1. The number of benzene rings is 2. The average molecular weight is 462 g/mol. The number of halogens is 1. The molecule has 0 aliphatic carbocycles. The van der Waals surface area contributed by atoms with Crippen LogP contribution >= 0.6 is 15.9 Å². The first-order valence-corrected chi connectivity index (χ1v) is 10.2. The maximum atomic E-state index is 13.1. The lowest BCUT2D eigenvalue weighted by molar-refractivity contribution is -0.385. The molecule has 1 atom stereocenters. The smallest absolute Gasteiger partial charge is 0.273 e. The molecule has 154 valence electrons. The zero-order chi connectivity index (χ0) is 21.4. The van der Waals surface area contributed by atoms with Gasteiger partial charge in [0.15, 0.2) is 0 Å². The number of nitro benzene ring substituents is 1. The minimum Gasteiger partial charge on any atom is -0.354 e. The van der Waals surface area contributed by atoms with Crippen LogP contribution < -0.4 is 5.32 Å². The van der Waals surface area contributed by atoms with Crippen LogP contribution in [0.25, 0.3) is 0 Å². The number of nitro groups is 1. The van der Waals surface area contributed by atoms with E-state index in [9.17, 15) is 19.7 Å². The summed E-state index contributed by atoms with van der Waals surface area (Å²) in [6.45, 7) is 4.36. The Hall–Kier alpha value is -2.74. The Balaban J connectivity index is 2.29. The van der Waals surface area contributed by atoms with Crippen LogP contribution in [-0.2, 0) is 22.6 Å². The summed E-state index contributed by atoms with van der Waals surface area (Å²) in [5.74, 6) is -0.601. The second-order valence-electron chi connectivity index (χ2n) is 6.68. The Morgan fingerprint density at radius 1 is 1.21 bits per heavy atom. The molecule has 8 heteroatoms. The van der Waals surface area contributed by atoms with Crippen molar-refractivity contribution in [3.8, 4) is 0 Å². The first-order chi connectivity index (χ1) is 13.8. The molecule has 0 radical (unpaired) electrons. The highest BCUT2D eigenvalue weighted by Crippen LogP contribution is 2.21. The lowest BCUT2D eigenvalue weighted by Gasteiger charge is -2.29. The van der Waals surface area contributed by atoms with Gasteiger partial charge in [-0.05, 0) is 31.0 Å². The van der Waals surface area contributed by atoms with Crippen molar-refractivity contribution in [3.05, 3.63) is 74.2 Å². The van der Waals surface area contributed by atoms with Crippen LogP contribution in [0.15, 0.2) is 53.0 Å². The highest BCUT2D eigenvalue weighted by atomic mass is 79.9. The zero-order valence-electron chi connectivity index (χ0n) is 16.4. The van der Waals surface area contributed by atoms with Crippen molar-refractivity contribution in [1.82, 2.24) is 10.2 Å². The van der Waals surface area contributed by atoms with E-state index in [0.717, 1.165) is 16.5 Å². The molecule has 0 saturated heterocycles. The average Bonchev–Trinajstić information content (AvgIpc) is 2.69. The topological polar surface area (TPSA) is 92.6 Å². The molecule has 0 spiro atoms. The van der Waals surface area contributed by atoms with E-state index in [1.54, 1.807) is 25.1 Å². The molecule has 0 heterocycles. The third-order valence-corrected chi connectivity index (χ3v) is 4.98. The van der Waals surface area contributed by atoms with Crippen molar-refractivity contribution in [1.29, 1.82) is 0 Å². The van der Waals surface area contributed by atoms with Crippen LogP contribution in [0.1, 0.15) is 31.4 Å². The van der Waals surface area contributed by atoms with Crippen molar-refractivity contribution in [3.63, 3.8) is 0 Å². The number of hydrogen-bond donors (Lipinski definition) is 1. The highest BCUT2D eigenvalue weighted by molar-refractivity contribution is 9.10. The molecule has 2 aromatic rings. The number of nitrogens with one attached hydrogen (secondary N) is 1. The second kappa shape index (κ2) is 10.7. The molecule has 0 aliphatic rings. The largest absolute Gasteiger partial charge is 0.354 e. The summed E-state index contributed by atoms with van der Waals surface area (Å²) in [7, 11) is 0. The van der Waals surface area contributed by atoms with E-state index in [-0.39, 0.29) is 30.5 Å². The molecule has 2 aromatic carbocycles. The Kier molecular flexibility index (Phi) is 8.33. The maximum Gasteiger partial charge on any atom is 0.273 e. The summed E-state index contributed by atoms with van der Waals surface area (Å²) in [4.78, 5) is 37.9. The minimum absolute atomic E-state index is 0.105. The lowest BCUT2D eigenvalue weighted by Crippen LogP contribution is -2.48. The van der Waals surface area contributed by atoms with E-state index in [4.69, 9.17) is 0 Å². The predicted molar refractivity (Wildman–Crippen MR) is 114 cm³/mol. The van der Waals surface area contributed by atoms with E-state index >= 15 is 0 Å². The maximum absolute atomic E-state index is 13.1. The molecule has 2 amide bonds. The Bertz CT molecular complexity index is 888. The van der Waals surface area contributed by atoms with Crippen LogP contribution in [0.5, 0.6) is 0 Å². The highest BCUT2D eigenvalue weighted by Gasteiger charge is 2.27. The van der Waals surface area contributed by atoms with E-state index < -0.39 is 11.0 Å². The molecule has 0 aromatic heterocycles. The summed E-state index contributed by atoms with van der Waals surface area (Å²) in [6, 6.07) is 12.9. The summed E-state index contributed by atoms with van der Waals surface area (Å²) < 4.78 is 0.865. The lowest BCUT2D eigenvalue weighted by atomic mass is 10.1. The van der Waals surface area contributed by atoms with Crippen molar-refractivity contribution >= 4 is 33.4 Å². The summed E-state index contributed by atoms with van der Waals surface area (Å²) in [5, 5.41) is 14.1. The molecular weight excluding hydrogens is 438 g/mol. The molecular formula is C21H24BrN3O4. The molecule has 0 bridgehead atoms. The van der Waals surface area contributed by atoms with Gasteiger partial charge >= 0.3 is 0 Å². The van der Waals surface area contributed by atoms with Gasteiger partial charge in [0.1, 0.15) is 6.04 Å². The van der Waals surface area contributed by atoms with Crippen LogP contribution in [-0.4, -0.2) is 34.2 Å². The summed E-state index contributed by atoms with van der Waals surface area (Å²) in [6.07, 6.45) is 0.630. The molecule has 29 heavy (non-hydrogen) atoms. The van der Waals surface area contributed by atoms with Gasteiger partial charge < -0.3 is 10.2 Å². The zero-order valence-corrected chi connectivity index (χ0v) is 18.0. The van der Waals surface area contributed by atoms with Gasteiger partial charge in [0.25, 0.3) is 5.69 Å². The monoisotopic (exact) mass is 461 g/mol. The fraction of sp³-hybridized carbons (Fsp3) is 0.333. The molecule has 7 nitrogen and oxygen atoms in total. The van der Waals surface area contributed by atoms with Crippen LogP contribution in [0, 0.1) is 10.1 Å². The van der Waals surface area contributed by atoms with E-state index in [2.05, 4.69) is 21.2 Å². The van der Waals surface area contributed by atoms with Crippen molar-refractivity contribution in [2.24, 2.45) is 0 Å². The van der Waals surface area contributed by atoms with Gasteiger partial charge in [-0.25, -0.2) is 0 Å². The van der Waals surface area contributed by atoms with E-state index in [0.29, 0.717) is 12.1 Å². The molecule has 2 rings (SSSR count). The van der Waals surface area contributed by atoms with Crippen LogP contribution in [0.3, 0.4) is 0 Å². The number of amides is 2. The van der Waals surface area contributed by atoms with E-state index in [1.807, 2.05) is 31.2 Å². The fourth-order valence-corrected chi connectivity index (χ4v) is 3.36. The fourth-order valence-electron chi connectivity index (χ4n) is 2.91. The van der Waals surface area contributed by atoms with Crippen molar-refractivity contribution in [2.45, 2.75) is 39.3 Å². The molecule has 0 aliphatic heterocycles. The SMILES string of the molecule is CCCNC(=O)[C@H](C)N(Cc1cccc(Br)c1)C(=O)Cc1ccccc1[N+](=O)[O-]. The summed E-state index contributed by atoms with van der Waals surface area (Å²) >= 11 is 3.41. The van der Waals surface area contributed by atoms with Gasteiger partial charge in [-0.1, -0.05) is 53.2 Å². The van der Waals surface area contributed by atoms with Gasteiger partial charge in [0.2, 0.25) is 11.8 Å². The number of hydrogen-bond acceptors (Lipinski definition) is 4. The van der Waals surface area contributed by atoms with Gasteiger partial charge in [-0.3, -0.25) is 19.7 Å². The van der Waals surface area contributed by atoms with E-state index in [1.165, 1.54) is 11.0 Å². The van der Waals surface area contributed by atoms with Gasteiger partial charge in [-0.2, -0.15) is 0 Å². The standard InChI is InChI=1S/C21H24BrN3O4/c1-3-11-23-21(27)15(2)24(14-16-7-6-9-18(22)12-16)20(26)13-17-8-4-5-10-19(17)25(28)29/h4-10,12,15H,3,11,13-14H2,1-2H3,(H,23,27)/t15-/m0/s1. The Morgan fingerprint density at radius 3 is 2.59 bits per heavy atom. The predicted octanol–water partition coefficient (Wildman–Crippen LogP) is 3.84. The number of carbonyl (C=O) groups excluding carboxylic acids is 2. The second-order valence-corrected chi connectivity index (χ2v) is 7.60. The molecule has 1 N–H and O–H groups in total. The number of carbonyl (C=O) groups is 2.